The zero-order chi connectivity index (χ0) is 12.3. The van der Waals surface area contributed by atoms with Crippen LogP contribution in [0, 0.1) is 5.92 Å². The van der Waals surface area contributed by atoms with Crippen LogP contribution in [0.1, 0.15) is 20.3 Å². The lowest BCUT2D eigenvalue weighted by Gasteiger charge is -2.18. The van der Waals surface area contributed by atoms with E-state index in [1.807, 2.05) is 18.2 Å². The van der Waals surface area contributed by atoms with E-state index in [4.69, 9.17) is 0 Å². The van der Waals surface area contributed by atoms with E-state index < -0.39 is 0 Å². The van der Waals surface area contributed by atoms with Gasteiger partial charge in [0.2, 0.25) is 0 Å². The summed E-state index contributed by atoms with van der Waals surface area (Å²) in [5.41, 5.74) is 1.02. The monoisotopic (exact) mass is 250 g/mol. The topological polar surface area (TPSA) is 45.1 Å². The smallest absolute Gasteiger partial charge is 0.117 e. The summed E-state index contributed by atoms with van der Waals surface area (Å²) in [6.07, 6.45) is 0.961. The first kappa shape index (κ1) is 12.3. The minimum Gasteiger partial charge on any atom is -0.394 e. The molecule has 0 saturated heterocycles. The highest BCUT2D eigenvalue weighted by molar-refractivity contribution is 7.11. The van der Waals surface area contributed by atoms with E-state index in [2.05, 4.69) is 29.6 Å². The number of nitrogens with one attached hydrogen (secondary N) is 1. The molecule has 0 aliphatic carbocycles. The first-order valence-corrected chi connectivity index (χ1v) is 6.70. The third kappa shape index (κ3) is 2.96. The second-order valence-corrected chi connectivity index (χ2v) is 5.46. The fourth-order valence-corrected chi connectivity index (χ4v) is 2.77. The first-order valence-electron chi connectivity index (χ1n) is 5.92. The predicted molar refractivity (Wildman–Crippen MR) is 73.6 cm³/mol. The molecular weight excluding hydrogens is 232 g/mol. The molecule has 0 amide bonds. The third-order valence-electron chi connectivity index (χ3n) is 2.70. The Hall–Kier alpha value is -1.13. The number of aromatic nitrogens is 1. The van der Waals surface area contributed by atoms with Crippen LogP contribution in [0.25, 0.3) is 10.9 Å². The highest BCUT2D eigenvalue weighted by Gasteiger charge is 2.12. The minimum absolute atomic E-state index is 0.110. The van der Waals surface area contributed by atoms with Gasteiger partial charge >= 0.3 is 0 Å². The van der Waals surface area contributed by atoms with Gasteiger partial charge in [0, 0.05) is 5.39 Å². The summed E-state index contributed by atoms with van der Waals surface area (Å²) in [6.45, 7) is 4.48. The second kappa shape index (κ2) is 5.47. The fourth-order valence-electron chi connectivity index (χ4n) is 1.93. The summed E-state index contributed by atoms with van der Waals surface area (Å²) in [5.74, 6) is 0.568. The summed E-state index contributed by atoms with van der Waals surface area (Å²) in [5, 5.41) is 15.0. The van der Waals surface area contributed by atoms with Gasteiger partial charge in [0.15, 0.2) is 0 Å². The van der Waals surface area contributed by atoms with Crippen LogP contribution in [0.15, 0.2) is 24.3 Å². The zero-order valence-corrected chi connectivity index (χ0v) is 11.0. The van der Waals surface area contributed by atoms with Gasteiger partial charge in [-0.05, 0) is 36.0 Å². The fraction of sp³-hybridized carbons (Fsp3) is 0.462. The molecule has 1 unspecified atom stereocenters. The molecule has 1 aromatic carbocycles. The van der Waals surface area contributed by atoms with Crippen molar-refractivity contribution in [3.63, 3.8) is 0 Å². The van der Waals surface area contributed by atoms with Crippen molar-refractivity contribution in [3.05, 3.63) is 24.3 Å². The Morgan fingerprint density at radius 1 is 1.35 bits per heavy atom. The van der Waals surface area contributed by atoms with Crippen LogP contribution in [-0.2, 0) is 0 Å². The van der Waals surface area contributed by atoms with Crippen molar-refractivity contribution in [1.82, 2.24) is 4.37 Å². The molecule has 0 saturated carbocycles. The lowest BCUT2D eigenvalue weighted by atomic mass is 10.0. The van der Waals surface area contributed by atoms with Crippen LogP contribution >= 0.6 is 11.5 Å². The number of anilines is 1. The van der Waals surface area contributed by atoms with Gasteiger partial charge in [-0.15, -0.1) is 0 Å². The van der Waals surface area contributed by atoms with Crippen molar-refractivity contribution in [2.75, 3.05) is 11.9 Å². The van der Waals surface area contributed by atoms with E-state index in [1.165, 1.54) is 11.5 Å². The molecule has 1 atom stereocenters. The Bertz CT molecular complexity index is 481. The van der Waals surface area contributed by atoms with Gasteiger partial charge in [-0.25, -0.2) is 0 Å². The Morgan fingerprint density at radius 2 is 2.12 bits per heavy atom. The minimum atomic E-state index is 0.110. The number of fused-ring (bicyclic) bond motifs is 1. The average molecular weight is 250 g/mol. The zero-order valence-electron chi connectivity index (χ0n) is 10.2. The lowest BCUT2D eigenvalue weighted by molar-refractivity contribution is 0.259. The molecule has 1 heterocycles. The van der Waals surface area contributed by atoms with Crippen LogP contribution in [0.4, 0.5) is 5.00 Å². The Morgan fingerprint density at radius 3 is 2.82 bits per heavy atom. The summed E-state index contributed by atoms with van der Waals surface area (Å²) in [4.78, 5) is 0. The van der Waals surface area contributed by atoms with E-state index in [9.17, 15) is 5.11 Å². The molecule has 0 aliphatic rings. The molecule has 0 bridgehead atoms. The molecule has 2 aromatic rings. The number of nitrogens with zero attached hydrogens (tertiary/aromatic N) is 1. The van der Waals surface area contributed by atoms with Crippen LogP contribution in [-0.4, -0.2) is 22.1 Å². The van der Waals surface area contributed by atoms with Gasteiger partial charge in [-0.2, -0.15) is 4.37 Å². The maximum absolute atomic E-state index is 9.37. The molecule has 0 radical (unpaired) electrons. The lowest BCUT2D eigenvalue weighted by Crippen LogP contribution is -2.25. The van der Waals surface area contributed by atoms with Crippen LogP contribution in [0.2, 0.25) is 0 Å². The molecule has 0 aliphatic heterocycles. The molecule has 0 spiro atoms. The van der Waals surface area contributed by atoms with Gasteiger partial charge in [-0.3, -0.25) is 0 Å². The Balaban J connectivity index is 2.16. The normalized spacial score (nSPS) is 13.2. The average Bonchev–Trinajstić information content (AvgIpc) is 2.71. The predicted octanol–water partition coefficient (Wildman–Crippen LogP) is 3.12. The first-order chi connectivity index (χ1) is 8.20. The molecule has 0 fully saturated rings. The number of aliphatic hydroxyl groups is 1. The molecule has 1 aromatic heterocycles. The highest BCUT2D eigenvalue weighted by Crippen LogP contribution is 2.28. The Kier molecular flexibility index (Phi) is 3.97. The van der Waals surface area contributed by atoms with Gasteiger partial charge in [-0.1, -0.05) is 26.0 Å². The summed E-state index contributed by atoms with van der Waals surface area (Å²) >= 11 is 1.46. The van der Waals surface area contributed by atoms with E-state index in [0.717, 1.165) is 22.3 Å². The second-order valence-electron chi connectivity index (χ2n) is 4.68. The maximum atomic E-state index is 9.37. The molecule has 4 heteroatoms. The van der Waals surface area contributed by atoms with Crippen LogP contribution < -0.4 is 5.32 Å². The summed E-state index contributed by atoms with van der Waals surface area (Å²) < 4.78 is 4.38. The van der Waals surface area contributed by atoms with Crippen molar-refractivity contribution in [3.8, 4) is 0 Å². The van der Waals surface area contributed by atoms with Crippen LogP contribution in [0.3, 0.4) is 0 Å². The highest BCUT2D eigenvalue weighted by atomic mass is 32.1. The SMILES string of the molecule is CC(C)CC(CO)Nc1snc2ccccc12. The van der Waals surface area contributed by atoms with Crippen molar-refractivity contribution in [2.24, 2.45) is 5.92 Å². The number of aliphatic hydroxyl groups excluding tert-OH is 1. The molecule has 3 nitrogen and oxygen atoms in total. The van der Waals surface area contributed by atoms with Crippen LogP contribution in [0.5, 0.6) is 0 Å². The number of benzene rings is 1. The summed E-state index contributed by atoms with van der Waals surface area (Å²) in [6, 6.07) is 8.18. The quantitative estimate of drug-likeness (QED) is 0.857. The van der Waals surface area contributed by atoms with Crippen molar-refractivity contribution >= 4 is 27.4 Å². The largest absolute Gasteiger partial charge is 0.394 e. The van der Waals surface area contributed by atoms with Gasteiger partial charge in [0.05, 0.1) is 18.2 Å². The number of rotatable bonds is 5. The van der Waals surface area contributed by atoms with Crippen molar-refractivity contribution in [2.45, 2.75) is 26.3 Å². The van der Waals surface area contributed by atoms with Crippen molar-refractivity contribution < 1.29 is 5.11 Å². The molecule has 2 rings (SSSR count). The third-order valence-corrected chi connectivity index (χ3v) is 3.50. The van der Waals surface area contributed by atoms with E-state index in [-0.39, 0.29) is 12.6 Å². The van der Waals surface area contributed by atoms with Crippen molar-refractivity contribution in [1.29, 1.82) is 0 Å². The maximum Gasteiger partial charge on any atom is 0.117 e. The molecular formula is C13H18N2OS. The van der Waals surface area contributed by atoms with E-state index in [1.54, 1.807) is 0 Å². The number of hydrogen-bond donors (Lipinski definition) is 2. The number of hydrogen-bond acceptors (Lipinski definition) is 4. The standard InChI is InChI=1S/C13H18N2OS/c1-9(2)7-10(8-16)14-13-11-5-3-4-6-12(11)15-17-13/h3-6,9-10,14,16H,7-8H2,1-2H3. The van der Waals surface area contributed by atoms with E-state index >= 15 is 0 Å². The molecule has 17 heavy (non-hydrogen) atoms. The van der Waals surface area contributed by atoms with Gasteiger partial charge in [0.25, 0.3) is 0 Å². The molecule has 92 valence electrons. The van der Waals surface area contributed by atoms with Gasteiger partial charge < -0.3 is 10.4 Å². The van der Waals surface area contributed by atoms with Gasteiger partial charge in [0.1, 0.15) is 5.00 Å². The van der Waals surface area contributed by atoms with E-state index in [0.29, 0.717) is 5.92 Å². The Labute approximate surface area is 106 Å². The summed E-state index contributed by atoms with van der Waals surface area (Å²) in [7, 11) is 0. The molecule has 2 N–H and O–H groups in total.